The molecule has 3 aromatic rings. The summed E-state index contributed by atoms with van der Waals surface area (Å²) in [4.78, 5) is 15.1. The summed E-state index contributed by atoms with van der Waals surface area (Å²) in [6.45, 7) is 2.95. The third-order valence-electron chi connectivity index (χ3n) is 7.31. The quantitative estimate of drug-likeness (QED) is 0.486. The molecule has 5 rings (SSSR count). The summed E-state index contributed by atoms with van der Waals surface area (Å²) in [5.74, 6) is 0.993. The number of phenols is 1. The maximum atomic E-state index is 12.5. The lowest BCUT2D eigenvalue weighted by Crippen LogP contribution is -2.36. The molecule has 2 aliphatic rings. The Bertz CT molecular complexity index is 1090. The molecule has 1 fully saturated rings. The topological polar surface area (TPSA) is 52.6 Å². The van der Waals surface area contributed by atoms with Gasteiger partial charge in [0.15, 0.2) is 0 Å². The van der Waals surface area contributed by atoms with E-state index in [9.17, 15) is 9.90 Å². The minimum absolute atomic E-state index is 0.00277. The number of benzene rings is 3. The van der Waals surface area contributed by atoms with E-state index in [-0.39, 0.29) is 5.91 Å². The fraction of sp³-hybridized carbons (Fsp3) is 0.345. The number of phenolic OH excluding ortho intramolecular Hbond substituents is 1. The number of hydrogen-bond donors (Lipinski definition) is 2. The van der Waals surface area contributed by atoms with Crippen LogP contribution >= 0.6 is 0 Å². The highest BCUT2D eigenvalue weighted by Gasteiger charge is 2.38. The van der Waals surface area contributed by atoms with Gasteiger partial charge < -0.3 is 10.4 Å². The monoisotopic (exact) mass is 440 g/mol. The van der Waals surface area contributed by atoms with Gasteiger partial charge in [-0.3, -0.25) is 9.69 Å². The van der Waals surface area contributed by atoms with E-state index < -0.39 is 0 Å². The molecule has 1 saturated heterocycles. The highest BCUT2D eigenvalue weighted by Crippen LogP contribution is 2.42. The van der Waals surface area contributed by atoms with Gasteiger partial charge in [0, 0.05) is 24.1 Å². The molecule has 1 heterocycles. The van der Waals surface area contributed by atoms with Crippen molar-refractivity contribution in [3.8, 4) is 16.9 Å². The number of unbranched alkanes of at least 4 members (excludes halogenated alkanes) is 1. The molecule has 170 valence electrons. The van der Waals surface area contributed by atoms with Crippen LogP contribution < -0.4 is 5.32 Å². The molecular formula is C29H32N2O2. The van der Waals surface area contributed by atoms with Crippen molar-refractivity contribution >= 4 is 5.91 Å². The van der Waals surface area contributed by atoms with Crippen molar-refractivity contribution < 1.29 is 9.90 Å². The summed E-state index contributed by atoms with van der Waals surface area (Å²) < 4.78 is 0. The predicted molar refractivity (Wildman–Crippen MR) is 133 cm³/mol. The first-order chi connectivity index (χ1) is 16.2. The zero-order valence-corrected chi connectivity index (χ0v) is 19.0. The van der Waals surface area contributed by atoms with Crippen LogP contribution in [0.4, 0.5) is 0 Å². The first-order valence-corrected chi connectivity index (χ1v) is 12.2. The predicted octanol–water partition coefficient (Wildman–Crippen LogP) is 5.37. The Balaban J connectivity index is 1.06. The van der Waals surface area contributed by atoms with Gasteiger partial charge in [-0.15, -0.1) is 0 Å². The van der Waals surface area contributed by atoms with Crippen LogP contribution in [0.15, 0.2) is 72.8 Å². The van der Waals surface area contributed by atoms with Crippen LogP contribution in [0.25, 0.3) is 11.1 Å². The maximum absolute atomic E-state index is 12.5. The van der Waals surface area contributed by atoms with Crippen LogP contribution in [0, 0.1) is 0 Å². The van der Waals surface area contributed by atoms with Gasteiger partial charge in [-0.2, -0.15) is 0 Å². The zero-order chi connectivity index (χ0) is 22.6. The van der Waals surface area contributed by atoms with Crippen LogP contribution in [0.5, 0.6) is 5.75 Å². The number of fused-ring (bicyclic) bond motifs is 3. The van der Waals surface area contributed by atoms with E-state index in [0.29, 0.717) is 29.8 Å². The molecule has 0 radical (unpaired) electrons. The molecule has 4 nitrogen and oxygen atoms in total. The van der Waals surface area contributed by atoms with Crippen LogP contribution in [0.2, 0.25) is 0 Å². The fourth-order valence-corrected chi connectivity index (χ4v) is 5.60. The van der Waals surface area contributed by atoms with E-state index in [0.717, 1.165) is 43.5 Å². The number of carbonyl (C=O) groups is 1. The number of rotatable bonds is 7. The second-order valence-corrected chi connectivity index (χ2v) is 9.33. The molecule has 0 unspecified atom stereocenters. The van der Waals surface area contributed by atoms with Crippen molar-refractivity contribution in [1.82, 2.24) is 10.2 Å². The average Bonchev–Trinajstić information content (AvgIpc) is 3.27. The zero-order valence-electron chi connectivity index (χ0n) is 19.0. The number of aromatic hydroxyl groups is 1. The molecule has 1 amide bonds. The first-order valence-electron chi connectivity index (χ1n) is 12.2. The standard InChI is InChI=1S/C29H32N2O2/c32-25-13-14-26-24(20-25)12-15-28-27(26)16-19-31(28)18-5-4-17-30-29(33)23-10-8-22(9-11-23)21-6-2-1-3-7-21/h1-3,6-11,13-14,20,27-28,32H,4-5,12,15-19H2,(H,30,33)/t27-,28-/m0/s1. The third kappa shape index (κ3) is 4.81. The van der Waals surface area contributed by atoms with E-state index in [1.807, 2.05) is 54.6 Å². The molecule has 2 N–H and O–H groups in total. The number of amides is 1. The summed E-state index contributed by atoms with van der Waals surface area (Å²) in [6.07, 6.45) is 5.53. The normalized spacial score (nSPS) is 19.6. The lowest BCUT2D eigenvalue weighted by molar-refractivity contribution is 0.0952. The average molecular weight is 441 g/mol. The fourth-order valence-electron chi connectivity index (χ4n) is 5.60. The minimum atomic E-state index is 0.00277. The molecule has 33 heavy (non-hydrogen) atoms. The number of likely N-dealkylation sites (tertiary alicyclic amines) is 1. The number of aryl methyl sites for hydroxylation is 1. The Morgan fingerprint density at radius 2 is 1.73 bits per heavy atom. The highest BCUT2D eigenvalue weighted by molar-refractivity contribution is 5.94. The van der Waals surface area contributed by atoms with Crippen molar-refractivity contribution in [1.29, 1.82) is 0 Å². The molecule has 0 saturated carbocycles. The van der Waals surface area contributed by atoms with Crippen molar-refractivity contribution in [3.63, 3.8) is 0 Å². The molecule has 4 heteroatoms. The summed E-state index contributed by atoms with van der Waals surface area (Å²) in [6, 6.07) is 24.6. The maximum Gasteiger partial charge on any atom is 0.251 e. The smallest absolute Gasteiger partial charge is 0.251 e. The lowest BCUT2D eigenvalue weighted by atomic mass is 9.79. The van der Waals surface area contributed by atoms with Gasteiger partial charge in [0.05, 0.1) is 0 Å². The van der Waals surface area contributed by atoms with Crippen LogP contribution in [0.1, 0.15) is 53.1 Å². The Morgan fingerprint density at radius 1 is 0.939 bits per heavy atom. The molecule has 1 aliphatic carbocycles. The summed E-state index contributed by atoms with van der Waals surface area (Å²) in [5, 5.41) is 12.9. The molecule has 0 spiro atoms. The third-order valence-corrected chi connectivity index (χ3v) is 7.31. The molecule has 0 aromatic heterocycles. The van der Waals surface area contributed by atoms with Crippen LogP contribution in [-0.2, 0) is 6.42 Å². The largest absolute Gasteiger partial charge is 0.508 e. The van der Waals surface area contributed by atoms with E-state index in [1.165, 1.54) is 24.0 Å². The highest BCUT2D eigenvalue weighted by atomic mass is 16.3. The molecular weight excluding hydrogens is 408 g/mol. The van der Waals surface area contributed by atoms with E-state index in [1.54, 1.807) is 0 Å². The second-order valence-electron chi connectivity index (χ2n) is 9.33. The minimum Gasteiger partial charge on any atom is -0.508 e. The first kappa shape index (κ1) is 21.7. The van der Waals surface area contributed by atoms with Crippen molar-refractivity contribution in [2.45, 2.75) is 44.1 Å². The van der Waals surface area contributed by atoms with Gasteiger partial charge in [-0.05, 0) is 91.7 Å². The molecule has 0 bridgehead atoms. The van der Waals surface area contributed by atoms with Gasteiger partial charge >= 0.3 is 0 Å². The number of nitrogens with one attached hydrogen (secondary N) is 1. The van der Waals surface area contributed by atoms with Crippen molar-refractivity contribution in [2.75, 3.05) is 19.6 Å². The van der Waals surface area contributed by atoms with Crippen molar-refractivity contribution in [2.24, 2.45) is 0 Å². The van der Waals surface area contributed by atoms with Gasteiger partial charge in [-0.1, -0.05) is 48.5 Å². The van der Waals surface area contributed by atoms with Gasteiger partial charge in [0.2, 0.25) is 0 Å². The van der Waals surface area contributed by atoms with E-state index in [2.05, 4.69) is 28.4 Å². The molecule has 2 atom stereocenters. The number of nitrogens with zero attached hydrogens (tertiary/aromatic N) is 1. The Morgan fingerprint density at radius 3 is 2.55 bits per heavy atom. The Kier molecular flexibility index (Phi) is 6.45. The summed E-state index contributed by atoms with van der Waals surface area (Å²) >= 11 is 0. The van der Waals surface area contributed by atoms with Gasteiger partial charge in [0.1, 0.15) is 5.75 Å². The Hall–Kier alpha value is -3.11. The van der Waals surface area contributed by atoms with E-state index in [4.69, 9.17) is 0 Å². The Labute approximate surface area is 196 Å². The molecule has 3 aromatic carbocycles. The van der Waals surface area contributed by atoms with Crippen LogP contribution in [-0.4, -0.2) is 41.6 Å². The number of hydrogen-bond acceptors (Lipinski definition) is 3. The SMILES string of the molecule is O=C(NCCCCN1CC[C@H]2c3ccc(O)cc3CC[C@@H]21)c1ccc(-c2ccccc2)cc1. The molecule has 1 aliphatic heterocycles. The van der Waals surface area contributed by atoms with Gasteiger partial charge in [0.25, 0.3) is 5.91 Å². The van der Waals surface area contributed by atoms with Crippen molar-refractivity contribution in [3.05, 3.63) is 89.5 Å². The second kappa shape index (κ2) is 9.80. The lowest BCUT2D eigenvalue weighted by Gasteiger charge is -2.33. The van der Waals surface area contributed by atoms with E-state index >= 15 is 0 Å². The number of carbonyl (C=O) groups excluding carboxylic acids is 1. The van der Waals surface area contributed by atoms with Gasteiger partial charge in [-0.25, -0.2) is 0 Å². The van der Waals surface area contributed by atoms with Crippen LogP contribution in [0.3, 0.4) is 0 Å². The summed E-state index contributed by atoms with van der Waals surface area (Å²) in [5.41, 5.74) is 5.77. The summed E-state index contributed by atoms with van der Waals surface area (Å²) in [7, 11) is 0.